The number of aliphatic hydroxyl groups excluding tert-OH is 1. The largest absolute Gasteiger partial charge is 0.389 e. The maximum absolute atomic E-state index is 12.8. The van der Waals surface area contributed by atoms with Crippen molar-refractivity contribution in [3.63, 3.8) is 0 Å². The average molecular weight is 386 g/mol. The van der Waals surface area contributed by atoms with Gasteiger partial charge in [0.1, 0.15) is 12.4 Å². The molecule has 0 unspecified atom stereocenters. The van der Waals surface area contributed by atoms with E-state index in [-0.39, 0.29) is 24.5 Å². The van der Waals surface area contributed by atoms with Crippen molar-refractivity contribution in [1.29, 1.82) is 0 Å². The highest BCUT2D eigenvalue weighted by Gasteiger charge is 2.39. The summed E-state index contributed by atoms with van der Waals surface area (Å²) in [5.41, 5.74) is 1.91. The summed E-state index contributed by atoms with van der Waals surface area (Å²) in [5, 5.41) is 13.8. The fourth-order valence-corrected chi connectivity index (χ4v) is 4.54. The summed E-state index contributed by atoms with van der Waals surface area (Å²) in [4.78, 5) is 19.8. The van der Waals surface area contributed by atoms with Gasteiger partial charge in [-0.15, -0.1) is 0 Å². The van der Waals surface area contributed by atoms with Gasteiger partial charge in [-0.3, -0.25) is 9.69 Å². The second kappa shape index (κ2) is 8.59. The number of aryl methyl sites for hydroxylation is 1. The van der Waals surface area contributed by atoms with Gasteiger partial charge in [-0.2, -0.15) is 0 Å². The highest BCUT2D eigenvalue weighted by molar-refractivity contribution is 5.81. The van der Waals surface area contributed by atoms with Crippen molar-refractivity contribution in [1.82, 2.24) is 19.8 Å². The number of hydrogen-bond donors (Lipinski definition) is 2. The van der Waals surface area contributed by atoms with Crippen LogP contribution in [0.25, 0.3) is 11.0 Å². The number of imidazole rings is 1. The molecule has 2 fully saturated rings. The number of carbonyl (C=O) groups excluding carboxylic acids is 1. The molecule has 3 atom stereocenters. The average Bonchev–Trinajstić information content (AvgIpc) is 3.24. The first-order valence-corrected chi connectivity index (χ1v) is 10.4. The van der Waals surface area contributed by atoms with Crippen molar-refractivity contribution in [2.75, 3.05) is 26.3 Å². The minimum atomic E-state index is -0.531. The Morgan fingerprint density at radius 1 is 1.29 bits per heavy atom. The molecule has 1 aromatic carbocycles. The van der Waals surface area contributed by atoms with E-state index >= 15 is 0 Å². The zero-order valence-electron chi connectivity index (χ0n) is 16.5. The SMILES string of the molecule is CCCc1nc2ccccc2n1CC(=O)N[C@@H]1CC[C@@H](N2CCOCC2)[C@@H]1O. The predicted octanol–water partition coefficient (Wildman–Crippen LogP) is 1.33. The number of carbonyl (C=O) groups is 1. The van der Waals surface area contributed by atoms with Crippen LogP contribution in [0.15, 0.2) is 24.3 Å². The zero-order chi connectivity index (χ0) is 19.5. The van der Waals surface area contributed by atoms with Crippen molar-refractivity contribution >= 4 is 16.9 Å². The Hall–Kier alpha value is -1.96. The first-order chi connectivity index (χ1) is 13.7. The summed E-state index contributed by atoms with van der Waals surface area (Å²) in [6.45, 7) is 5.49. The molecule has 2 aliphatic rings. The van der Waals surface area contributed by atoms with Gasteiger partial charge in [-0.25, -0.2) is 4.98 Å². The number of nitrogens with zero attached hydrogens (tertiary/aromatic N) is 3. The molecular weight excluding hydrogens is 356 g/mol. The molecule has 0 spiro atoms. The molecule has 2 aromatic rings. The third-order valence-corrected chi connectivity index (χ3v) is 5.95. The lowest BCUT2D eigenvalue weighted by Crippen LogP contribution is -2.51. The molecule has 4 rings (SSSR count). The van der Waals surface area contributed by atoms with E-state index in [1.165, 1.54) is 0 Å². The lowest BCUT2D eigenvalue weighted by Gasteiger charge is -2.34. The van der Waals surface area contributed by atoms with Crippen LogP contribution < -0.4 is 5.32 Å². The molecule has 0 bridgehead atoms. The number of aliphatic hydroxyl groups is 1. The van der Waals surface area contributed by atoms with Crippen LogP contribution in [0.1, 0.15) is 32.0 Å². The van der Waals surface area contributed by atoms with Crippen LogP contribution in [0.3, 0.4) is 0 Å². The number of fused-ring (bicyclic) bond motifs is 1. The van der Waals surface area contributed by atoms with Gasteiger partial charge < -0.3 is 19.7 Å². The third-order valence-electron chi connectivity index (χ3n) is 5.95. The molecule has 7 heteroatoms. The summed E-state index contributed by atoms with van der Waals surface area (Å²) < 4.78 is 7.42. The molecular formula is C21H30N4O3. The smallest absolute Gasteiger partial charge is 0.240 e. The second-order valence-electron chi connectivity index (χ2n) is 7.81. The summed E-state index contributed by atoms with van der Waals surface area (Å²) in [5.74, 6) is 0.879. The molecule has 152 valence electrons. The van der Waals surface area contributed by atoms with Crippen LogP contribution in [0, 0.1) is 0 Å². The highest BCUT2D eigenvalue weighted by Crippen LogP contribution is 2.26. The molecule has 1 saturated heterocycles. The predicted molar refractivity (Wildman–Crippen MR) is 107 cm³/mol. The summed E-state index contributed by atoms with van der Waals surface area (Å²) in [7, 11) is 0. The number of nitrogens with one attached hydrogen (secondary N) is 1. The van der Waals surface area contributed by atoms with Crippen LogP contribution in [-0.4, -0.2) is 70.0 Å². The Morgan fingerprint density at radius 3 is 2.86 bits per heavy atom. The fraction of sp³-hybridized carbons (Fsp3) is 0.619. The molecule has 2 N–H and O–H groups in total. The fourth-order valence-electron chi connectivity index (χ4n) is 4.54. The molecule has 7 nitrogen and oxygen atoms in total. The van der Waals surface area contributed by atoms with Gasteiger partial charge in [0.25, 0.3) is 0 Å². The van der Waals surface area contributed by atoms with Crippen molar-refractivity contribution in [3.8, 4) is 0 Å². The molecule has 1 saturated carbocycles. The number of benzene rings is 1. The van der Waals surface area contributed by atoms with E-state index in [2.05, 4.69) is 17.1 Å². The standard InChI is InChI=1S/C21H30N4O3/c1-2-5-19-22-15-6-3-4-7-17(15)25(19)14-20(26)23-16-8-9-18(21(16)27)24-10-12-28-13-11-24/h3-4,6-7,16,18,21,27H,2,5,8-14H2,1H3,(H,23,26)/t16-,18-,21-/m1/s1. The topological polar surface area (TPSA) is 79.6 Å². The van der Waals surface area contributed by atoms with E-state index in [0.29, 0.717) is 13.2 Å². The van der Waals surface area contributed by atoms with Crippen molar-refractivity contribution in [2.45, 2.75) is 57.3 Å². The van der Waals surface area contributed by atoms with Crippen molar-refractivity contribution < 1.29 is 14.6 Å². The molecule has 2 heterocycles. The van der Waals surface area contributed by atoms with Gasteiger partial charge in [0.15, 0.2) is 0 Å². The number of rotatable bonds is 6. The molecule has 1 amide bonds. The number of amides is 1. The first kappa shape index (κ1) is 19.4. The van der Waals surface area contributed by atoms with Gasteiger partial charge in [0.05, 0.1) is 36.4 Å². The summed E-state index contributed by atoms with van der Waals surface area (Å²) in [6, 6.07) is 7.85. The Morgan fingerprint density at radius 2 is 2.07 bits per heavy atom. The minimum Gasteiger partial charge on any atom is -0.389 e. The van der Waals surface area contributed by atoms with Gasteiger partial charge in [-0.1, -0.05) is 19.1 Å². The van der Waals surface area contributed by atoms with E-state index in [4.69, 9.17) is 9.72 Å². The van der Waals surface area contributed by atoms with Gasteiger partial charge >= 0.3 is 0 Å². The molecule has 1 aliphatic carbocycles. The Balaban J connectivity index is 1.42. The zero-order valence-corrected chi connectivity index (χ0v) is 16.5. The molecule has 1 aliphatic heterocycles. The maximum atomic E-state index is 12.8. The first-order valence-electron chi connectivity index (χ1n) is 10.4. The molecule has 0 radical (unpaired) electrons. The van der Waals surface area contributed by atoms with E-state index in [0.717, 1.165) is 55.6 Å². The number of para-hydroxylation sites is 2. The van der Waals surface area contributed by atoms with Gasteiger partial charge in [0.2, 0.25) is 5.91 Å². The Bertz CT molecular complexity index is 815. The van der Waals surface area contributed by atoms with Crippen LogP contribution in [-0.2, 0) is 22.5 Å². The summed E-state index contributed by atoms with van der Waals surface area (Å²) in [6.07, 6.45) is 3.00. The Kier molecular flexibility index (Phi) is 5.94. The number of ether oxygens (including phenoxy) is 1. The van der Waals surface area contributed by atoms with Crippen molar-refractivity contribution in [3.05, 3.63) is 30.1 Å². The van der Waals surface area contributed by atoms with E-state index in [1.54, 1.807) is 0 Å². The minimum absolute atomic E-state index is 0.0628. The van der Waals surface area contributed by atoms with E-state index in [9.17, 15) is 9.90 Å². The lowest BCUT2D eigenvalue weighted by molar-refractivity contribution is -0.123. The van der Waals surface area contributed by atoms with Gasteiger partial charge in [0, 0.05) is 25.6 Å². The highest BCUT2D eigenvalue weighted by atomic mass is 16.5. The van der Waals surface area contributed by atoms with Crippen LogP contribution in [0.2, 0.25) is 0 Å². The van der Waals surface area contributed by atoms with E-state index < -0.39 is 6.10 Å². The van der Waals surface area contributed by atoms with Crippen LogP contribution >= 0.6 is 0 Å². The summed E-state index contributed by atoms with van der Waals surface area (Å²) >= 11 is 0. The van der Waals surface area contributed by atoms with E-state index in [1.807, 2.05) is 28.8 Å². The lowest BCUT2D eigenvalue weighted by atomic mass is 10.1. The molecule has 1 aromatic heterocycles. The molecule has 28 heavy (non-hydrogen) atoms. The number of hydrogen-bond acceptors (Lipinski definition) is 5. The monoisotopic (exact) mass is 386 g/mol. The Labute approximate surface area is 165 Å². The van der Waals surface area contributed by atoms with Crippen molar-refractivity contribution in [2.24, 2.45) is 0 Å². The number of aromatic nitrogens is 2. The van der Waals surface area contributed by atoms with Crippen LogP contribution in [0.4, 0.5) is 0 Å². The third kappa shape index (κ3) is 3.92. The maximum Gasteiger partial charge on any atom is 0.240 e. The normalized spacial score (nSPS) is 26.0. The second-order valence-corrected chi connectivity index (χ2v) is 7.81. The quantitative estimate of drug-likeness (QED) is 0.783. The number of morpholine rings is 1. The van der Waals surface area contributed by atoms with Crippen LogP contribution in [0.5, 0.6) is 0 Å². The van der Waals surface area contributed by atoms with Gasteiger partial charge in [-0.05, 0) is 31.4 Å².